The van der Waals surface area contributed by atoms with Gasteiger partial charge in [0.15, 0.2) is 0 Å². The molecule has 2 heterocycles. The predicted octanol–water partition coefficient (Wildman–Crippen LogP) is 2.52. The van der Waals surface area contributed by atoms with E-state index in [1.807, 2.05) is 0 Å². The van der Waals surface area contributed by atoms with Gasteiger partial charge >= 0.3 is 23.9 Å². The molecule has 2 saturated heterocycles. The number of esters is 4. The number of hydrogen-bond donors (Lipinski definition) is 0. The number of cyclic esters (lactones) is 1. The summed E-state index contributed by atoms with van der Waals surface area (Å²) in [5.74, 6) is -1.51. The first-order valence-electron chi connectivity index (χ1n) is 12.8. The average molecular weight is 503 g/mol. The highest BCUT2D eigenvalue weighted by molar-refractivity contribution is 5.88. The Morgan fingerprint density at radius 2 is 1.92 bits per heavy atom. The number of methoxy groups -OCH3 is 1. The van der Waals surface area contributed by atoms with Gasteiger partial charge in [0, 0.05) is 41.9 Å². The summed E-state index contributed by atoms with van der Waals surface area (Å²) in [6, 6.07) is 0. The van der Waals surface area contributed by atoms with Crippen LogP contribution in [-0.4, -0.2) is 62.0 Å². The minimum atomic E-state index is -0.692. The lowest BCUT2D eigenvalue weighted by molar-refractivity contribution is -0.162. The second kappa shape index (κ2) is 9.32. The van der Waals surface area contributed by atoms with E-state index < -0.39 is 29.7 Å². The average Bonchev–Trinajstić information content (AvgIpc) is 3.60. The fourth-order valence-corrected chi connectivity index (χ4v) is 7.36. The molecule has 3 aliphatic carbocycles. The molecule has 0 amide bonds. The van der Waals surface area contributed by atoms with Gasteiger partial charge in [0.25, 0.3) is 0 Å². The number of carbonyl (C=O) groups excluding carboxylic acids is 4. The summed E-state index contributed by atoms with van der Waals surface area (Å²) in [6.07, 6.45) is 2.42. The third-order valence-corrected chi connectivity index (χ3v) is 9.14. The molecule has 0 aromatic rings. The smallest absolute Gasteiger partial charge is 0.333 e. The maximum absolute atomic E-state index is 12.9. The van der Waals surface area contributed by atoms with E-state index in [0.717, 1.165) is 12.8 Å². The summed E-state index contributed by atoms with van der Waals surface area (Å²) in [7, 11) is 1.60. The van der Waals surface area contributed by atoms with Crippen molar-refractivity contribution < 1.29 is 42.9 Å². The van der Waals surface area contributed by atoms with Crippen LogP contribution in [0.2, 0.25) is 0 Å². The molecule has 5 rings (SSSR count). The first-order valence-corrected chi connectivity index (χ1v) is 12.8. The molecular formula is C27H34O9. The lowest BCUT2D eigenvalue weighted by Crippen LogP contribution is -2.49. The van der Waals surface area contributed by atoms with Crippen LogP contribution in [0.15, 0.2) is 24.3 Å². The van der Waals surface area contributed by atoms with E-state index >= 15 is 0 Å². The van der Waals surface area contributed by atoms with Crippen LogP contribution in [0.4, 0.5) is 0 Å². The van der Waals surface area contributed by atoms with Crippen molar-refractivity contribution in [2.24, 2.45) is 35.5 Å². The standard InChI is InChI=1S/C27H34O9/c1-13(2)24(29)35-20-6-5-15(23-17(20)9-21(28)36-23)7-14(3)25(30)34-12-27(32-4)10-16-8-19(27)22-18(16)11-33-26(22)31/h15-20,22-23H,1,3,5-12H2,2,4H3. The van der Waals surface area contributed by atoms with Crippen molar-refractivity contribution in [3.63, 3.8) is 0 Å². The van der Waals surface area contributed by atoms with E-state index in [2.05, 4.69) is 13.2 Å². The summed E-state index contributed by atoms with van der Waals surface area (Å²) >= 11 is 0. The van der Waals surface area contributed by atoms with E-state index in [1.54, 1.807) is 14.0 Å². The highest BCUT2D eigenvalue weighted by Crippen LogP contribution is 2.60. The minimum Gasteiger partial charge on any atom is -0.465 e. The number of fused-ring (bicyclic) bond motifs is 6. The summed E-state index contributed by atoms with van der Waals surface area (Å²) < 4.78 is 28.0. The molecule has 0 aromatic heterocycles. The summed E-state index contributed by atoms with van der Waals surface area (Å²) in [4.78, 5) is 49.3. The second-order valence-electron chi connectivity index (χ2n) is 11.2. The quantitative estimate of drug-likeness (QED) is 0.281. The Balaban J connectivity index is 1.18. The molecule has 5 fully saturated rings. The number of ether oxygens (including phenoxy) is 5. The van der Waals surface area contributed by atoms with Gasteiger partial charge in [0.2, 0.25) is 0 Å². The van der Waals surface area contributed by atoms with Gasteiger partial charge in [-0.25, -0.2) is 9.59 Å². The first-order chi connectivity index (χ1) is 17.1. The number of hydrogen-bond acceptors (Lipinski definition) is 9. The maximum atomic E-state index is 12.9. The van der Waals surface area contributed by atoms with Gasteiger partial charge in [-0.15, -0.1) is 0 Å². The van der Waals surface area contributed by atoms with E-state index in [0.29, 0.717) is 42.9 Å². The van der Waals surface area contributed by atoms with Crippen LogP contribution in [0.1, 0.15) is 45.4 Å². The van der Waals surface area contributed by atoms with Crippen LogP contribution >= 0.6 is 0 Å². The Kier molecular flexibility index (Phi) is 6.47. The molecular weight excluding hydrogens is 468 g/mol. The topological polar surface area (TPSA) is 114 Å². The van der Waals surface area contributed by atoms with Gasteiger partial charge in [-0.2, -0.15) is 0 Å². The van der Waals surface area contributed by atoms with Crippen molar-refractivity contribution in [2.45, 2.75) is 63.3 Å². The van der Waals surface area contributed by atoms with Crippen LogP contribution in [-0.2, 0) is 42.9 Å². The third-order valence-electron chi connectivity index (χ3n) is 9.14. The molecule has 196 valence electrons. The Morgan fingerprint density at radius 1 is 1.14 bits per heavy atom. The largest absolute Gasteiger partial charge is 0.465 e. The van der Waals surface area contributed by atoms with Crippen molar-refractivity contribution >= 4 is 23.9 Å². The van der Waals surface area contributed by atoms with E-state index in [-0.39, 0.29) is 54.6 Å². The molecule has 2 bridgehead atoms. The fourth-order valence-electron chi connectivity index (χ4n) is 7.36. The zero-order valence-electron chi connectivity index (χ0n) is 20.9. The van der Waals surface area contributed by atoms with E-state index in [1.165, 1.54) is 0 Å². The van der Waals surface area contributed by atoms with Gasteiger partial charge in [0.05, 0.1) is 18.9 Å². The van der Waals surface area contributed by atoms with Gasteiger partial charge in [-0.3, -0.25) is 9.59 Å². The Labute approximate surface area is 210 Å². The molecule has 2 aliphatic heterocycles. The van der Waals surface area contributed by atoms with Crippen molar-refractivity contribution in [1.82, 2.24) is 0 Å². The van der Waals surface area contributed by atoms with Crippen molar-refractivity contribution in [3.05, 3.63) is 24.3 Å². The van der Waals surface area contributed by atoms with Crippen LogP contribution in [0.3, 0.4) is 0 Å². The molecule has 0 aromatic carbocycles. The number of rotatable bonds is 8. The zero-order chi connectivity index (χ0) is 25.8. The van der Waals surface area contributed by atoms with Crippen molar-refractivity contribution in [2.75, 3.05) is 20.3 Å². The van der Waals surface area contributed by atoms with Crippen LogP contribution in [0.5, 0.6) is 0 Å². The van der Waals surface area contributed by atoms with Gasteiger partial charge in [-0.05, 0) is 44.9 Å². The monoisotopic (exact) mass is 502 g/mol. The molecule has 0 N–H and O–H groups in total. The minimum absolute atomic E-state index is 0.0237. The van der Waals surface area contributed by atoms with Crippen molar-refractivity contribution in [1.29, 1.82) is 0 Å². The molecule has 0 spiro atoms. The Hall–Kier alpha value is -2.68. The molecule has 5 aliphatic rings. The highest BCUT2D eigenvalue weighted by atomic mass is 16.6. The Morgan fingerprint density at radius 3 is 2.64 bits per heavy atom. The zero-order valence-corrected chi connectivity index (χ0v) is 20.9. The van der Waals surface area contributed by atoms with E-state index in [9.17, 15) is 19.2 Å². The summed E-state index contributed by atoms with van der Waals surface area (Å²) in [5, 5.41) is 0. The molecule has 3 saturated carbocycles. The third kappa shape index (κ3) is 4.15. The highest BCUT2D eigenvalue weighted by Gasteiger charge is 2.65. The van der Waals surface area contributed by atoms with Gasteiger partial charge in [-0.1, -0.05) is 13.2 Å². The van der Waals surface area contributed by atoms with Crippen LogP contribution < -0.4 is 0 Å². The van der Waals surface area contributed by atoms with E-state index in [4.69, 9.17) is 23.7 Å². The number of carbonyl (C=O) groups is 4. The Bertz CT molecular complexity index is 1000. The molecule has 9 atom stereocenters. The molecule has 9 unspecified atom stereocenters. The van der Waals surface area contributed by atoms with Gasteiger partial charge in [0.1, 0.15) is 24.4 Å². The molecule has 9 nitrogen and oxygen atoms in total. The second-order valence-corrected chi connectivity index (χ2v) is 11.2. The summed E-state index contributed by atoms with van der Waals surface area (Å²) in [5.41, 5.74) is -0.0889. The van der Waals surface area contributed by atoms with Crippen molar-refractivity contribution in [3.8, 4) is 0 Å². The maximum Gasteiger partial charge on any atom is 0.333 e. The molecule has 9 heteroatoms. The lowest BCUT2D eigenvalue weighted by atomic mass is 9.73. The van der Waals surface area contributed by atoms with Crippen LogP contribution in [0, 0.1) is 35.5 Å². The molecule has 0 radical (unpaired) electrons. The SMILES string of the molecule is C=C(C)C(=O)OC1CCC(CC(=C)C(=O)OCC2(OC)CC3CC2C2C(=O)OCC32)C2OC(=O)CC12. The molecule has 36 heavy (non-hydrogen) atoms. The summed E-state index contributed by atoms with van der Waals surface area (Å²) in [6.45, 7) is 9.69. The van der Waals surface area contributed by atoms with Crippen LogP contribution in [0.25, 0.3) is 0 Å². The normalized spacial score (nSPS) is 40.2. The fraction of sp³-hybridized carbons (Fsp3) is 0.704. The predicted molar refractivity (Wildman–Crippen MR) is 124 cm³/mol. The first kappa shape index (κ1) is 25.0. The van der Waals surface area contributed by atoms with Gasteiger partial charge < -0.3 is 23.7 Å². The lowest BCUT2D eigenvalue weighted by Gasteiger charge is -2.39.